The second kappa shape index (κ2) is 4.54. The molecular formula is C10H5F3N2O. The number of hydrogen-bond donors (Lipinski definition) is 0. The molecule has 0 atom stereocenters. The van der Waals surface area contributed by atoms with Crippen LogP contribution in [0.15, 0.2) is 18.2 Å². The van der Waals surface area contributed by atoms with Crippen LogP contribution in [-0.2, 0) is 6.42 Å². The Bertz CT molecular complexity index is 468. The number of hydrogen-bond acceptors (Lipinski definition) is 3. The number of rotatable bonds is 2. The average Bonchev–Trinajstić information content (AvgIpc) is 2.16. The minimum Gasteiger partial charge on any atom is -0.404 e. The second-order valence-corrected chi connectivity index (χ2v) is 2.78. The van der Waals surface area contributed by atoms with Gasteiger partial charge in [0.2, 0.25) is 0 Å². The van der Waals surface area contributed by atoms with Gasteiger partial charge >= 0.3 is 6.36 Å². The van der Waals surface area contributed by atoms with Crippen molar-refractivity contribution in [2.75, 3.05) is 0 Å². The molecule has 1 aromatic rings. The van der Waals surface area contributed by atoms with E-state index in [1.54, 1.807) is 12.1 Å². The van der Waals surface area contributed by atoms with E-state index < -0.39 is 12.1 Å². The highest BCUT2D eigenvalue weighted by Crippen LogP contribution is 2.28. The van der Waals surface area contributed by atoms with Crippen molar-refractivity contribution >= 4 is 0 Å². The molecule has 0 N–H and O–H groups in total. The first-order valence-corrected chi connectivity index (χ1v) is 4.12. The van der Waals surface area contributed by atoms with Gasteiger partial charge in [-0.1, -0.05) is 12.1 Å². The summed E-state index contributed by atoms with van der Waals surface area (Å²) >= 11 is 0. The van der Waals surface area contributed by atoms with E-state index in [4.69, 9.17) is 10.5 Å². The molecule has 0 spiro atoms. The number of ether oxygens (including phenoxy) is 1. The summed E-state index contributed by atoms with van der Waals surface area (Å²) in [5, 5.41) is 17.2. The normalized spacial score (nSPS) is 10.3. The Morgan fingerprint density at radius 2 is 1.94 bits per heavy atom. The summed E-state index contributed by atoms with van der Waals surface area (Å²) in [5.74, 6) is -0.581. The SMILES string of the molecule is N#CCc1cccc(OC(F)(F)F)c1C#N. The molecule has 0 heterocycles. The van der Waals surface area contributed by atoms with Crippen molar-refractivity contribution in [3.8, 4) is 17.9 Å². The molecule has 1 rings (SSSR count). The maximum atomic E-state index is 12.0. The van der Waals surface area contributed by atoms with Gasteiger partial charge in [-0.3, -0.25) is 0 Å². The highest BCUT2D eigenvalue weighted by atomic mass is 19.4. The summed E-state index contributed by atoms with van der Waals surface area (Å²) in [6, 6.07) is 7.10. The second-order valence-electron chi connectivity index (χ2n) is 2.78. The first kappa shape index (κ1) is 11.9. The third-order valence-corrected chi connectivity index (χ3v) is 1.72. The van der Waals surface area contributed by atoms with Crippen molar-refractivity contribution in [1.82, 2.24) is 0 Å². The molecule has 82 valence electrons. The lowest BCUT2D eigenvalue weighted by Gasteiger charge is -2.11. The zero-order valence-electron chi connectivity index (χ0n) is 7.88. The Morgan fingerprint density at radius 1 is 1.25 bits per heavy atom. The number of halogens is 3. The molecule has 0 aliphatic rings. The number of benzene rings is 1. The molecule has 0 amide bonds. The van der Waals surface area contributed by atoms with E-state index in [1.807, 2.05) is 0 Å². The van der Waals surface area contributed by atoms with Gasteiger partial charge in [-0.2, -0.15) is 10.5 Å². The van der Waals surface area contributed by atoms with Crippen molar-refractivity contribution in [2.24, 2.45) is 0 Å². The number of alkyl halides is 3. The fourth-order valence-corrected chi connectivity index (χ4v) is 1.15. The molecule has 0 saturated heterocycles. The van der Waals surface area contributed by atoms with Gasteiger partial charge in [-0.15, -0.1) is 13.2 Å². The van der Waals surface area contributed by atoms with Crippen LogP contribution in [0.3, 0.4) is 0 Å². The Hall–Kier alpha value is -2.21. The highest BCUT2D eigenvalue weighted by Gasteiger charge is 2.32. The molecule has 0 fully saturated rings. The van der Waals surface area contributed by atoms with Crippen molar-refractivity contribution < 1.29 is 17.9 Å². The lowest BCUT2D eigenvalue weighted by atomic mass is 10.1. The van der Waals surface area contributed by atoms with E-state index in [1.165, 1.54) is 12.1 Å². The molecule has 0 bridgehead atoms. The van der Waals surface area contributed by atoms with Crippen molar-refractivity contribution in [3.05, 3.63) is 29.3 Å². The smallest absolute Gasteiger partial charge is 0.404 e. The average molecular weight is 226 g/mol. The standard InChI is InChI=1S/C10H5F3N2O/c11-10(12,13)16-9-3-1-2-7(4-5-14)8(9)6-15/h1-3H,4H2. The monoisotopic (exact) mass is 226 g/mol. The summed E-state index contributed by atoms with van der Waals surface area (Å²) in [6.45, 7) is 0. The van der Waals surface area contributed by atoms with Crippen molar-refractivity contribution in [2.45, 2.75) is 12.8 Å². The van der Waals surface area contributed by atoms with Gasteiger partial charge in [-0.05, 0) is 11.6 Å². The topological polar surface area (TPSA) is 56.8 Å². The van der Waals surface area contributed by atoms with Crippen LogP contribution < -0.4 is 4.74 Å². The van der Waals surface area contributed by atoms with E-state index in [9.17, 15) is 13.2 Å². The van der Waals surface area contributed by atoms with Crippen LogP contribution in [0.5, 0.6) is 5.75 Å². The highest BCUT2D eigenvalue weighted by molar-refractivity contribution is 5.49. The van der Waals surface area contributed by atoms with Crippen LogP contribution >= 0.6 is 0 Å². The van der Waals surface area contributed by atoms with E-state index in [2.05, 4.69) is 4.74 Å². The largest absolute Gasteiger partial charge is 0.573 e. The molecule has 0 aromatic heterocycles. The van der Waals surface area contributed by atoms with Crippen LogP contribution in [-0.4, -0.2) is 6.36 Å². The molecule has 0 radical (unpaired) electrons. The van der Waals surface area contributed by atoms with Gasteiger partial charge in [0.25, 0.3) is 0 Å². The van der Waals surface area contributed by atoms with Gasteiger partial charge < -0.3 is 4.74 Å². The molecule has 3 nitrogen and oxygen atoms in total. The third kappa shape index (κ3) is 2.89. The minimum atomic E-state index is -4.85. The molecular weight excluding hydrogens is 221 g/mol. The quantitative estimate of drug-likeness (QED) is 0.778. The summed E-state index contributed by atoms with van der Waals surface area (Å²) < 4.78 is 39.6. The fraction of sp³-hybridized carbons (Fsp3) is 0.200. The summed E-state index contributed by atoms with van der Waals surface area (Å²) in [5.41, 5.74) is -0.0480. The van der Waals surface area contributed by atoms with Gasteiger partial charge in [-0.25, -0.2) is 0 Å². The van der Waals surface area contributed by atoms with Gasteiger partial charge in [0.05, 0.1) is 18.1 Å². The minimum absolute atomic E-state index is 0.141. The zero-order valence-corrected chi connectivity index (χ0v) is 7.88. The third-order valence-electron chi connectivity index (χ3n) is 1.72. The van der Waals surface area contributed by atoms with Gasteiger partial charge in [0.15, 0.2) is 0 Å². The Kier molecular flexibility index (Phi) is 3.37. The summed E-state index contributed by atoms with van der Waals surface area (Å²) in [4.78, 5) is 0. The van der Waals surface area contributed by atoms with Crippen LogP contribution in [0.2, 0.25) is 0 Å². The predicted molar refractivity (Wildman–Crippen MR) is 47.2 cm³/mol. The van der Waals surface area contributed by atoms with Crippen molar-refractivity contribution in [1.29, 1.82) is 10.5 Å². The maximum Gasteiger partial charge on any atom is 0.573 e. The summed E-state index contributed by atoms with van der Waals surface area (Å²) in [7, 11) is 0. The van der Waals surface area contributed by atoms with Crippen LogP contribution in [0, 0.1) is 22.7 Å². The van der Waals surface area contributed by atoms with E-state index in [0.717, 1.165) is 6.07 Å². The molecule has 0 unspecified atom stereocenters. The van der Waals surface area contributed by atoms with Crippen LogP contribution in [0.1, 0.15) is 11.1 Å². The predicted octanol–water partition coefficient (Wildman–Crippen LogP) is 2.52. The van der Waals surface area contributed by atoms with E-state index >= 15 is 0 Å². The Balaban J connectivity index is 3.16. The number of nitrogens with zero attached hydrogens (tertiary/aromatic N) is 2. The Labute approximate surface area is 89.3 Å². The van der Waals surface area contributed by atoms with Gasteiger partial charge in [0.1, 0.15) is 11.8 Å². The lowest BCUT2D eigenvalue weighted by molar-refractivity contribution is -0.274. The molecule has 0 aliphatic carbocycles. The molecule has 0 aliphatic heterocycles. The fourth-order valence-electron chi connectivity index (χ4n) is 1.15. The van der Waals surface area contributed by atoms with Gasteiger partial charge in [0, 0.05) is 0 Å². The lowest BCUT2D eigenvalue weighted by Crippen LogP contribution is -2.18. The van der Waals surface area contributed by atoms with E-state index in [-0.39, 0.29) is 17.5 Å². The van der Waals surface area contributed by atoms with Crippen LogP contribution in [0.4, 0.5) is 13.2 Å². The van der Waals surface area contributed by atoms with Crippen LogP contribution in [0.25, 0.3) is 0 Å². The first-order chi connectivity index (χ1) is 7.48. The molecule has 6 heteroatoms. The zero-order chi connectivity index (χ0) is 12.2. The molecule has 1 aromatic carbocycles. The Morgan fingerprint density at radius 3 is 2.44 bits per heavy atom. The maximum absolute atomic E-state index is 12.0. The summed E-state index contributed by atoms with van der Waals surface area (Å²) in [6.07, 6.45) is -4.99. The van der Waals surface area contributed by atoms with E-state index in [0.29, 0.717) is 0 Å². The molecule has 0 saturated carbocycles. The van der Waals surface area contributed by atoms with Crippen molar-refractivity contribution in [3.63, 3.8) is 0 Å². The molecule has 16 heavy (non-hydrogen) atoms. The first-order valence-electron chi connectivity index (χ1n) is 4.12. The number of nitriles is 2.